The normalized spacial score (nSPS) is 15.3. The Bertz CT molecular complexity index is 850. The first-order valence-electron chi connectivity index (χ1n) is 7.25. The molecule has 0 bridgehead atoms. The quantitative estimate of drug-likeness (QED) is 0.777. The van der Waals surface area contributed by atoms with Crippen LogP contribution in [0.2, 0.25) is 5.02 Å². The number of anilines is 1. The molecule has 1 fully saturated rings. The number of amides is 1. The van der Waals surface area contributed by atoms with Gasteiger partial charge in [-0.1, -0.05) is 22.8 Å². The van der Waals surface area contributed by atoms with Gasteiger partial charge in [-0.05, 0) is 43.2 Å². The minimum atomic E-state index is -0.628. The SMILES string of the molecule is O=C(Nc1cccc(Cl)c1)C1(c2cc(-c3ccco3)on2)CC1. The maximum atomic E-state index is 12.6. The smallest absolute Gasteiger partial charge is 0.236 e. The number of hydrogen-bond donors (Lipinski definition) is 1. The van der Waals surface area contributed by atoms with Crippen LogP contribution in [0.1, 0.15) is 18.5 Å². The third-order valence-corrected chi connectivity index (χ3v) is 4.27. The van der Waals surface area contributed by atoms with E-state index in [4.69, 9.17) is 20.5 Å². The summed E-state index contributed by atoms with van der Waals surface area (Å²) >= 11 is 5.95. The molecule has 1 saturated carbocycles. The van der Waals surface area contributed by atoms with Crippen LogP contribution in [0.3, 0.4) is 0 Å². The predicted octanol–water partition coefficient (Wildman–Crippen LogP) is 4.26. The average Bonchev–Trinajstić information content (AvgIpc) is 2.98. The Morgan fingerprint density at radius 2 is 2.04 bits per heavy atom. The topological polar surface area (TPSA) is 68.3 Å². The summed E-state index contributed by atoms with van der Waals surface area (Å²) in [6, 6.07) is 12.4. The molecule has 0 atom stereocenters. The second-order valence-electron chi connectivity index (χ2n) is 5.60. The molecule has 2 aromatic heterocycles. The van der Waals surface area contributed by atoms with Gasteiger partial charge >= 0.3 is 0 Å². The third-order valence-electron chi connectivity index (χ3n) is 4.03. The van der Waals surface area contributed by atoms with E-state index in [2.05, 4.69) is 10.5 Å². The number of carbonyl (C=O) groups excluding carboxylic acids is 1. The Labute approximate surface area is 137 Å². The van der Waals surface area contributed by atoms with Crippen molar-refractivity contribution in [2.24, 2.45) is 0 Å². The Kier molecular flexibility index (Phi) is 3.23. The lowest BCUT2D eigenvalue weighted by molar-refractivity contribution is -0.118. The molecule has 0 aliphatic heterocycles. The van der Waals surface area contributed by atoms with Crippen LogP contribution in [0.15, 0.2) is 57.7 Å². The number of rotatable bonds is 4. The van der Waals surface area contributed by atoms with Crippen LogP contribution >= 0.6 is 11.6 Å². The Morgan fingerprint density at radius 3 is 2.74 bits per heavy atom. The third kappa shape index (κ3) is 2.53. The summed E-state index contributed by atoms with van der Waals surface area (Å²) in [5, 5.41) is 7.54. The summed E-state index contributed by atoms with van der Waals surface area (Å²) < 4.78 is 10.6. The van der Waals surface area contributed by atoms with Crippen molar-refractivity contribution in [1.29, 1.82) is 0 Å². The Morgan fingerprint density at radius 1 is 1.17 bits per heavy atom. The molecule has 2 heterocycles. The second-order valence-corrected chi connectivity index (χ2v) is 6.04. The first-order chi connectivity index (χ1) is 11.2. The highest BCUT2D eigenvalue weighted by Crippen LogP contribution is 2.49. The van der Waals surface area contributed by atoms with Gasteiger partial charge in [0.1, 0.15) is 0 Å². The molecule has 1 N–H and O–H groups in total. The summed E-state index contributed by atoms with van der Waals surface area (Å²) in [6.07, 6.45) is 3.04. The molecule has 4 rings (SSSR count). The highest BCUT2D eigenvalue weighted by Gasteiger charge is 2.54. The van der Waals surface area contributed by atoms with E-state index in [0.29, 0.717) is 27.9 Å². The number of benzene rings is 1. The van der Waals surface area contributed by atoms with Crippen molar-refractivity contribution in [2.45, 2.75) is 18.3 Å². The van der Waals surface area contributed by atoms with Crippen molar-refractivity contribution in [3.05, 3.63) is 59.4 Å². The van der Waals surface area contributed by atoms with E-state index in [1.807, 2.05) is 0 Å². The monoisotopic (exact) mass is 328 g/mol. The van der Waals surface area contributed by atoms with Gasteiger partial charge in [0, 0.05) is 16.8 Å². The number of nitrogens with one attached hydrogen (secondary N) is 1. The molecular formula is C17H13ClN2O3. The largest absolute Gasteiger partial charge is 0.461 e. The highest BCUT2D eigenvalue weighted by atomic mass is 35.5. The number of nitrogens with zero attached hydrogens (tertiary/aromatic N) is 1. The van der Waals surface area contributed by atoms with E-state index in [0.717, 1.165) is 12.8 Å². The molecule has 1 amide bonds. The molecule has 1 aromatic carbocycles. The lowest BCUT2D eigenvalue weighted by Crippen LogP contribution is -2.28. The maximum absolute atomic E-state index is 12.6. The van der Waals surface area contributed by atoms with E-state index < -0.39 is 5.41 Å². The van der Waals surface area contributed by atoms with E-state index in [-0.39, 0.29) is 5.91 Å². The van der Waals surface area contributed by atoms with Crippen LogP contribution in [0.25, 0.3) is 11.5 Å². The fraction of sp³-hybridized carbons (Fsp3) is 0.176. The number of furan rings is 1. The molecule has 0 saturated heterocycles. The molecular weight excluding hydrogens is 316 g/mol. The highest BCUT2D eigenvalue weighted by molar-refractivity contribution is 6.30. The molecule has 6 heteroatoms. The second kappa shape index (κ2) is 5.28. The number of hydrogen-bond acceptors (Lipinski definition) is 4. The van der Waals surface area contributed by atoms with Crippen LogP contribution in [-0.4, -0.2) is 11.1 Å². The van der Waals surface area contributed by atoms with Crippen molar-refractivity contribution in [3.63, 3.8) is 0 Å². The first-order valence-corrected chi connectivity index (χ1v) is 7.63. The van der Waals surface area contributed by atoms with Crippen LogP contribution in [0.5, 0.6) is 0 Å². The van der Waals surface area contributed by atoms with Gasteiger partial charge in [-0.15, -0.1) is 0 Å². The molecule has 0 radical (unpaired) electrons. The predicted molar refractivity (Wildman–Crippen MR) is 85.2 cm³/mol. The summed E-state index contributed by atoms with van der Waals surface area (Å²) in [4.78, 5) is 12.6. The molecule has 1 aliphatic rings. The summed E-state index contributed by atoms with van der Waals surface area (Å²) in [5.74, 6) is 1.01. The van der Waals surface area contributed by atoms with Crippen molar-refractivity contribution < 1.29 is 13.7 Å². The molecule has 116 valence electrons. The van der Waals surface area contributed by atoms with E-state index in [1.165, 1.54) is 0 Å². The molecule has 1 aliphatic carbocycles. The molecule has 3 aromatic rings. The average molecular weight is 329 g/mol. The zero-order chi connectivity index (χ0) is 15.9. The number of carbonyl (C=O) groups is 1. The van der Waals surface area contributed by atoms with E-state index in [1.54, 1.807) is 48.7 Å². The van der Waals surface area contributed by atoms with Gasteiger partial charge < -0.3 is 14.3 Å². The van der Waals surface area contributed by atoms with Gasteiger partial charge in [-0.3, -0.25) is 4.79 Å². The fourth-order valence-corrected chi connectivity index (χ4v) is 2.77. The van der Waals surface area contributed by atoms with Crippen molar-refractivity contribution >= 4 is 23.2 Å². The Balaban J connectivity index is 1.57. The summed E-state index contributed by atoms with van der Waals surface area (Å²) in [7, 11) is 0. The Hall–Kier alpha value is -2.53. The van der Waals surface area contributed by atoms with Gasteiger partial charge in [0.2, 0.25) is 11.7 Å². The number of halogens is 1. The standard InChI is InChI=1S/C17H13ClN2O3/c18-11-3-1-4-12(9-11)19-16(21)17(6-7-17)15-10-14(23-20-15)13-5-2-8-22-13/h1-5,8-10H,6-7H2,(H,19,21). The lowest BCUT2D eigenvalue weighted by Gasteiger charge is -2.12. The van der Waals surface area contributed by atoms with E-state index in [9.17, 15) is 4.79 Å². The van der Waals surface area contributed by atoms with Crippen LogP contribution in [0.4, 0.5) is 5.69 Å². The summed E-state index contributed by atoms with van der Waals surface area (Å²) in [5.41, 5.74) is 0.670. The zero-order valence-electron chi connectivity index (χ0n) is 12.1. The van der Waals surface area contributed by atoms with Crippen LogP contribution in [-0.2, 0) is 10.2 Å². The van der Waals surface area contributed by atoms with E-state index >= 15 is 0 Å². The van der Waals surface area contributed by atoms with Gasteiger partial charge in [-0.25, -0.2) is 0 Å². The summed E-state index contributed by atoms with van der Waals surface area (Å²) in [6.45, 7) is 0. The van der Waals surface area contributed by atoms with Crippen molar-refractivity contribution in [1.82, 2.24) is 5.16 Å². The number of aromatic nitrogens is 1. The van der Waals surface area contributed by atoms with Crippen LogP contribution < -0.4 is 5.32 Å². The minimum Gasteiger partial charge on any atom is -0.461 e. The molecule has 0 unspecified atom stereocenters. The molecule has 23 heavy (non-hydrogen) atoms. The van der Waals surface area contributed by atoms with Crippen LogP contribution in [0, 0.1) is 0 Å². The van der Waals surface area contributed by atoms with Crippen molar-refractivity contribution in [2.75, 3.05) is 5.32 Å². The maximum Gasteiger partial charge on any atom is 0.236 e. The lowest BCUT2D eigenvalue weighted by atomic mass is 10.0. The van der Waals surface area contributed by atoms with Gasteiger partial charge in [0.15, 0.2) is 5.76 Å². The zero-order valence-corrected chi connectivity index (χ0v) is 12.8. The minimum absolute atomic E-state index is 0.0981. The molecule has 5 nitrogen and oxygen atoms in total. The van der Waals surface area contributed by atoms with Gasteiger partial charge in [0.25, 0.3) is 0 Å². The van der Waals surface area contributed by atoms with Gasteiger partial charge in [-0.2, -0.15) is 0 Å². The molecule has 0 spiro atoms. The van der Waals surface area contributed by atoms with Gasteiger partial charge in [0.05, 0.1) is 17.4 Å². The fourth-order valence-electron chi connectivity index (χ4n) is 2.58. The first kappa shape index (κ1) is 14.1. The van der Waals surface area contributed by atoms with Crippen molar-refractivity contribution in [3.8, 4) is 11.5 Å².